The number of anilines is 1. The Morgan fingerprint density at radius 2 is 2.18 bits per heavy atom. The van der Waals surface area contributed by atoms with Gasteiger partial charge in [-0.15, -0.1) is 0 Å². The molecule has 1 aromatic rings. The molecule has 0 atom stereocenters. The summed E-state index contributed by atoms with van der Waals surface area (Å²) in [6, 6.07) is 4.91. The van der Waals surface area contributed by atoms with Gasteiger partial charge in [-0.3, -0.25) is 4.79 Å². The molecule has 0 radical (unpaired) electrons. The Kier molecular flexibility index (Phi) is 5.29. The topological polar surface area (TPSA) is 55.1 Å². The van der Waals surface area contributed by atoms with Gasteiger partial charge in [0.15, 0.2) is 0 Å². The average Bonchev–Trinajstić information content (AvgIpc) is 2.27. The van der Waals surface area contributed by atoms with Gasteiger partial charge < -0.3 is 11.1 Å². The summed E-state index contributed by atoms with van der Waals surface area (Å²) < 4.78 is 0. The molecule has 0 aromatic heterocycles. The Balaban J connectivity index is 2.44. The third-order valence-electron chi connectivity index (χ3n) is 2.50. The van der Waals surface area contributed by atoms with E-state index < -0.39 is 0 Å². The van der Waals surface area contributed by atoms with E-state index >= 15 is 0 Å². The van der Waals surface area contributed by atoms with Crippen LogP contribution in [0.3, 0.4) is 0 Å². The minimum absolute atomic E-state index is 0.0999. The summed E-state index contributed by atoms with van der Waals surface area (Å²) in [4.78, 5) is 11.7. The molecule has 1 aromatic carbocycles. The first kappa shape index (κ1) is 13.8. The summed E-state index contributed by atoms with van der Waals surface area (Å²) >= 11 is 5.79. The number of hydrogen-bond acceptors (Lipinski definition) is 2. The summed E-state index contributed by atoms with van der Waals surface area (Å²) in [5.41, 5.74) is 6.63. The molecule has 0 spiro atoms. The highest BCUT2D eigenvalue weighted by Crippen LogP contribution is 2.19. The van der Waals surface area contributed by atoms with Crippen molar-refractivity contribution in [3.63, 3.8) is 0 Å². The molecule has 0 aliphatic heterocycles. The number of rotatable bonds is 5. The summed E-state index contributed by atoms with van der Waals surface area (Å²) in [6.07, 6.45) is 2.11. The Morgan fingerprint density at radius 3 is 2.76 bits per heavy atom. The number of carbonyl (C=O) groups is 1. The predicted octanol–water partition coefficient (Wildman–Crippen LogP) is 3.09. The van der Waals surface area contributed by atoms with E-state index in [1.165, 1.54) is 0 Å². The molecule has 17 heavy (non-hydrogen) atoms. The van der Waals surface area contributed by atoms with Gasteiger partial charge in [-0.1, -0.05) is 25.4 Å². The number of nitrogen functional groups attached to an aromatic ring is 1. The van der Waals surface area contributed by atoms with Crippen molar-refractivity contribution in [3.8, 4) is 0 Å². The SMILES string of the molecule is CC(C)CCCNC(=O)c1ccc(Cl)c(N)c1. The van der Waals surface area contributed by atoms with Gasteiger partial charge in [-0.05, 0) is 37.0 Å². The minimum Gasteiger partial charge on any atom is -0.398 e. The van der Waals surface area contributed by atoms with Crippen molar-refractivity contribution in [1.29, 1.82) is 0 Å². The van der Waals surface area contributed by atoms with Gasteiger partial charge in [0.1, 0.15) is 0 Å². The molecule has 0 fully saturated rings. The second-order valence-electron chi connectivity index (χ2n) is 4.53. The van der Waals surface area contributed by atoms with E-state index in [1.54, 1.807) is 18.2 Å². The van der Waals surface area contributed by atoms with Gasteiger partial charge in [0, 0.05) is 12.1 Å². The molecule has 0 aliphatic rings. The number of benzene rings is 1. The Hall–Kier alpha value is -1.22. The van der Waals surface area contributed by atoms with E-state index in [2.05, 4.69) is 19.2 Å². The maximum atomic E-state index is 11.7. The summed E-state index contributed by atoms with van der Waals surface area (Å²) in [5, 5.41) is 3.34. The zero-order valence-corrected chi connectivity index (χ0v) is 11.1. The molecular formula is C13H19ClN2O. The molecule has 3 nitrogen and oxygen atoms in total. The van der Waals surface area contributed by atoms with E-state index in [9.17, 15) is 4.79 Å². The first-order chi connectivity index (χ1) is 8.00. The first-order valence-electron chi connectivity index (χ1n) is 5.84. The van der Waals surface area contributed by atoms with Gasteiger partial charge in [-0.2, -0.15) is 0 Å². The smallest absolute Gasteiger partial charge is 0.251 e. The second-order valence-corrected chi connectivity index (χ2v) is 4.94. The van der Waals surface area contributed by atoms with E-state index in [0.29, 0.717) is 28.7 Å². The van der Waals surface area contributed by atoms with Crippen molar-refractivity contribution in [1.82, 2.24) is 5.32 Å². The Labute approximate surface area is 107 Å². The monoisotopic (exact) mass is 254 g/mol. The standard InChI is InChI=1S/C13H19ClN2O/c1-9(2)4-3-7-16-13(17)10-5-6-11(14)12(15)8-10/h5-6,8-9H,3-4,7,15H2,1-2H3,(H,16,17). The lowest BCUT2D eigenvalue weighted by atomic mass is 10.1. The van der Waals surface area contributed by atoms with E-state index in [0.717, 1.165) is 12.8 Å². The zero-order chi connectivity index (χ0) is 12.8. The molecule has 1 amide bonds. The van der Waals surface area contributed by atoms with Gasteiger partial charge >= 0.3 is 0 Å². The normalized spacial score (nSPS) is 10.6. The molecule has 1 rings (SSSR count). The quantitative estimate of drug-likeness (QED) is 0.627. The number of nitrogens with two attached hydrogens (primary N) is 1. The molecule has 0 saturated heterocycles. The first-order valence-corrected chi connectivity index (χ1v) is 6.21. The van der Waals surface area contributed by atoms with E-state index in [4.69, 9.17) is 17.3 Å². The van der Waals surface area contributed by atoms with Crippen LogP contribution >= 0.6 is 11.6 Å². The fourth-order valence-corrected chi connectivity index (χ4v) is 1.62. The van der Waals surface area contributed by atoms with Crippen LogP contribution in [0, 0.1) is 5.92 Å². The number of hydrogen-bond donors (Lipinski definition) is 2. The van der Waals surface area contributed by atoms with Crippen LogP contribution in [0.4, 0.5) is 5.69 Å². The van der Waals surface area contributed by atoms with Crippen molar-refractivity contribution in [2.24, 2.45) is 5.92 Å². The number of halogens is 1. The van der Waals surface area contributed by atoms with Gasteiger partial charge in [0.05, 0.1) is 10.7 Å². The molecule has 0 bridgehead atoms. The molecular weight excluding hydrogens is 236 g/mol. The highest BCUT2D eigenvalue weighted by Gasteiger charge is 2.06. The van der Waals surface area contributed by atoms with Gasteiger partial charge in [-0.25, -0.2) is 0 Å². The fraction of sp³-hybridized carbons (Fsp3) is 0.462. The number of amides is 1. The van der Waals surface area contributed by atoms with Gasteiger partial charge in [0.25, 0.3) is 5.91 Å². The molecule has 3 N–H and O–H groups in total. The molecule has 94 valence electrons. The van der Waals surface area contributed by atoms with Crippen LogP contribution in [-0.2, 0) is 0 Å². The number of carbonyl (C=O) groups excluding carboxylic acids is 1. The fourth-order valence-electron chi connectivity index (χ4n) is 1.50. The lowest BCUT2D eigenvalue weighted by Gasteiger charge is -2.07. The third-order valence-corrected chi connectivity index (χ3v) is 2.85. The summed E-state index contributed by atoms with van der Waals surface area (Å²) in [5.74, 6) is 0.565. The van der Waals surface area contributed by atoms with Crippen LogP contribution in [0.2, 0.25) is 5.02 Å². The van der Waals surface area contributed by atoms with E-state index in [-0.39, 0.29) is 5.91 Å². The van der Waals surface area contributed by atoms with Crippen molar-refractivity contribution in [3.05, 3.63) is 28.8 Å². The highest BCUT2D eigenvalue weighted by molar-refractivity contribution is 6.33. The van der Waals surface area contributed by atoms with Crippen molar-refractivity contribution in [2.45, 2.75) is 26.7 Å². The van der Waals surface area contributed by atoms with Crippen LogP contribution in [-0.4, -0.2) is 12.5 Å². The third kappa shape index (κ3) is 4.65. The van der Waals surface area contributed by atoms with Crippen molar-refractivity contribution < 1.29 is 4.79 Å². The average molecular weight is 255 g/mol. The maximum Gasteiger partial charge on any atom is 0.251 e. The molecule has 0 unspecified atom stereocenters. The highest BCUT2D eigenvalue weighted by atomic mass is 35.5. The molecule has 0 aliphatic carbocycles. The molecule has 0 saturated carbocycles. The second kappa shape index (κ2) is 6.50. The van der Waals surface area contributed by atoms with Crippen molar-refractivity contribution in [2.75, 3.05) is 12.3 Å². The Bertz CT molecular complexity index is 391. The summed E-state index contributed by atoms with van der Waals surface area (Å²) in [7, 11) is 0. The van der Waals surface area contributed by atoms with Crippen LogP contribution in [0.1, 0.15) is 37.0 Å². The van der Waals surface area contributed by atoms with Crippen LogP contribution in [0.5, 0.6) is 0 Å². The van der Waals surface area contributed by atoms with Crippen LogP contribution < -0.4 is 11.1 Å². The van der Waals surface area contributed by atoms with Crippen molar-refractivity contribution >= 4 is 23.2 Å². The maximum absolute atomic E-state index is 11.7. The van der Waals surface area contributed by atoms with Crippen LogP contribution in [0.25, 0.3) is 0 Å². The van der Waals surface area contributed by atoms with Crippen LogP contribution in [0.15, 0.2) is 18.2 Å². The molecule has 0 heterocycles. The largest absolute Gasteiger partial charge is 0.398 e. The van der Waals surface area contributed by atoms with Gasteiger partial charge in [0.2, 0.25) is 0 Å². The molecule has 4 heteroatoms. The Morgan fingerprint density at radius 1 is 1.47 bits per heavy atom. The number of nitrogens with one attached hydrogen (secondary N) is 1. The predicted molar refractivity (Wildman–Crippen MR) is 72.3 cm³/mol. The lowest BCUT2D eigenvalue weighted by molar-refractivity contribution is 0.0952. The zero-order valence-electron chi connectivity index (χ0n) is 10.3. The lowest BCUT2D eigenvalue weighted by Crippen LogP contribution is -2.24. The van der Waals surface area contributed by atoms with E-state index in [1.807, 2.05) is 0 Å². The minimum atomic E-state index is -0.0999. The summed E-state index contributed by atoms with van der Waals surface area (Å²) in [6.45, 7) is 5.03.